The summed E-state index contributed by atoms with van der Waals surface area (Å²) >= 11 is 0. The first kappa shape index (κ1) is 14.2. The van der Waals surface area contributed by atoms with Gasteiger partial charge in [-0.1, -0.05) is 32.8 Å². The fourth-order valence-corrected chi connectivity index (χ4v) is 2.09. The van der Waals surface area contributed by atoms with Gasteiger partial charge in [0.25, 0.3) is 11.5 Å². The molecule has 0 aliphatic carbocycles. The maximum atomic E-state index is 12.2. The van der Waals surface area contributed by atoms with Crippen LogP contribution in [0.3, 0.4) is 0 Å². The van der Waals surface area contributed by atoms with Crippen LogP contribution in [0.15, 0.2) is 35.4 Å². The van der Waals surface area contributed by atoms with E-state index in [-0.39, 0.29) is 17.0 Å². The average Bonchev–Trinajstić information content (AvgIpc) is 2.48. The summed E-state index contributed by atoms with van der Waals surface area (Å²) in [6, 6.07) is 5.27. The van der Waals surface area contributed by atoms with E-state index < -0.39 is 0 Å². The zero-order chi connectivity index (χ0) is 14.5. The number of pyridine rings is 1. The third-order valence-electron chi connectivity index (χ3n) is 3.56. The molecule has 0 spiro atoms. The molecule has 2 rings (SSSR count). The fourth-order valence-electron chi connectivity index (χ4n) is 2.09. The van der Waals surface area contributed by atoms with Gasteiger partial charge in [0.15, 0.2) is 0 Å². The summed E-state index contributed by atoms with van der Waals surface area (Å²) in [5.41, 5.74) is 0.284. The van der Waals surface area contributed by atoms with Crippen LogP contribution in [0, 0.1) is 5.92 Å². The SMILES string of the molecule is CCC(CC)CNC(=O)c1cnc2ccccn2c1=O. The second kappa shape index (κ2) is 6.32. The van der Waals surface area contributed by atoms with Crippen LogP contribution in [-0.4, -0.2) is 21.8 Å². The fraction of sp³-hybridized carbons (Fsp3) is 0.400. The molecule has 5 heteroatoms. The second-order valence-electron chi connectivity index (χ2n) is 4.80. The summed E-state index contributed by atoms with van der Waals surface area (Å²) < 4.78 is 1.38. The molecule has 1 amide bonds. The molecule has 0 unspecified atom stereocenters. The lowest BCUT2D eigenvalue weighted by Crippen LogP contribution is -2.34. The van der Waals surface area contributed by atoms with Crippen molar-refractivity contribution in [2.24, 2.45) is 5.92 Å². The summed E-state index contributed by atoms with van der Waals surface area (Å²) in [6.45, 7) is 4.77. The van der Waals surface area contributed by atoms with E-state index in [2.05, 4.69) is 24.1 Å². The molecule has 0 saturated heterocycles. The maximum Gasteiger partial charge on any atom is 0.270 e. The molecular weight excluding hydrogens is 254 g/mol. The van der Waals surface area contributed by atoms with Crippen molar-refractivity contribution in [3.05, 3.63) is 46.5 Å². The highest BCUT2D eigenvalue weighted by molar-refractivity contribution is 5.93. The number of carbonyl (C=O) groups is 1. The van der Waals surface area contributed by atoms with Gasteiger partial charge in [0.05, 0.1) is 0 Å². The smallest absolute Gasteiger partial charge is 0.270 e. The number of hydrogen-bond donors (Lipinski definition) is 1. The number of nitrogens with zero attached hydrogens (tertiary/aromatic N) is 2. The van der Waals surface area contributed by atoms with E-state index in [9.17, 15) is 9.59 Å². The molecule has 0 radical (unpaired) electrons. The summed E-state index contributed by atoms with van der Waals surface area (Å²) in [5, 5.41) is 2.81. The van der Waals surface area contributed by atoms with Crippen molar-refractivity contribution >= 4 is 11.6 Å². The van der Waals surface area contributed by atoms with Crippen LogP contribution >= 0.6 is 0 Å². The third-order valence-corrected chi connectivity index (χ3v) is 3.56. The Kier molecular flexibility index (Phi) is 4.50. The third kappa shape index (κ3) is 2.87. The number of fused-ring (bicyclic) bond motifs is 1. The van der Waals surface area contributed by atoms with E-state index in [1.54, 1.807) is 24.4 Å². The number of carbonyl (C=O) groups excluding carboxylic acids is 1. The molecule has 0 aliphatic heterocycles. The predicted octanol–water partition coefficient (Wildman–Crippen LogP) is 1.86. The van der Waals surface area contributed by atoms with Gasteiger partial charge in [-0.2, -0.15) is 0 Å². The first-order valence-corrected chi connectivity index (χ1v) is 6.92. The molecule has 0 aliphatic rings. The number of hydrogen-bond acceptors (Lipinski definition) is 3. The van der Waals surface area contributed by atoms with Gasteiger partial charge < -0.3 is 5.32 Å². The normalized spacial score (nSPS) is 10.9. The van der Waals surface area contributed by atoms with Gasteiger partial charge in [0.1, 0.15) is 11.2 Å². The van der Waals surface area contributed by atoms with Crippen LogP contribution in [0.1, 0.15) is 37.0 Å². The Bertz CT molecular complexity index is 659. The molecule has 20 heavy (non-hydrogen) atoms. The molecule has 0 fully saturated rings. The Hall–Kier alpha value is -2.17. The van der Waals surface area contributed by atoms with Crippen LogP contribution in [0.25, 0.3) is 5.65 Å². The van der Waals surface area contributed by atoms with Crippen molar-refractivity contribution in [1.82, 2.24) is 14.7 Å². The van der Waals surface area contributed by atoms with Crippen LogP contribution in [-0.2, 0) is 0 Å². The largest absolute Gasteiger partial charge is 0.352 e. The molecule has 2 aromatic rings. The minimum atomic E-state index is -0.354. The standard InChI is InChI=1S/C15H19N3O2/c1-3-11(4-2)9-17-14(19)12-10-16-13-7-5-6-8-18(13)15(12)20/h5-8,10-11H,3-4,9H2,1-2H3,(H,17,19). The Morgan fingerprint density at radius 1 is 1.35 bits per heavy atom. The number of amides is 1. The minimum Gasteiger partial charge on any atom is -0.352 e. The van der Waals surface area contributed by atoms with E-state index in [1.807, 2.05) is 0 Å². The molecule has 2 heterocycles. The van der Waals surface area contributed by atoms with Crippen molar-refractivity contribution in [1.29, 1.82) is 0 Å². The first-order chi connectivity index (χ1) is 9.67. The molecule has 0 saturated carbocycles. The monoisotopic (exact) mass is 273 g/mol. The predicted molar refractivity (Wildman–Crippen MR) is 77.9 cm³/mol. The maximum absolute atomic E-state index is 12.2. The summed E-state index contributed by atoms with van der Waals surface area (Å²) in [5.74, 6) is 0.0859. The topological polar surface area (TPSA) is 63.5 Å². The van der Waals surface area contributed by atoms with E-state index in [1.165, 1.54) is 10.6 Å². The molecule has 0 bridgehead atoms. The molecule has 0 aromatic carbocycles. The van der Waals surface area contributed by atoms with E-state index >= 15 is 0 Å². The van der Waals surface area contributed by atoms with Crippen molar-refractivity contribution in [3.8, 4) is 0 Å². The highest BCUT2D eigenvalue weighted by Crippen LogP contribution is 2.05. The molecular formula is C15H19N3O2. The highest BCUT2D eigenvalue weighted by Gasteiger charge is 2.14. The Balaban J connectivity index is 2.22. The van der Waals surface area contributed by atoms with Crippen LogP contribution in [0.4, 0.5) is 0 Å². The number of nitrogens with one attached hydrogen (secondary N) is 1. The zero-order valence-corrected chi connectivity index (χ0v) is 11.8. The Morgan fingerprint density at radius 3 is 2.80 bits per heavy atom. The lowest BCUT2D eigenvalue weighted by molar-refractivity contribution is 0.0944. The lowest BCUT2D eigenvalue weighted by Gasteiger charge is -2.13. The van der Waals surface area contributed by atoms with Gasteiger partial charge in [-0.3, -0.25) is 14.0 Å². The van der Waals surface area contributed by atoms with Crippen molar-refractivity contribution in [2.45, 2.75) is 26.7 Å². The van der Waals surface area contributed by atoms with Crippen LogP contribution < -0.4 is 10.9 Å². The Morgan fingerprint density at radius 2 is 2.10 bits per heavy atom. The number of rotatable bonds is 5. The van der Waals surface area contributed by atoms with Gasteiger partial charge >= 0.3 is 0 Å². The summed E-state index contributed by atoms with van der Waals surface area (Å²) in [4.78, 5) is 28.4. The first-order valence-electron chi connectivity index (χ1n) is 6.92. The van der Waals surface area contributed by atoms with Gasteiger partial charge in [-0.25, -0.2) is 4.98 Å². The van der Waals surface area contributed by atoms with Crippen molar-refractivity contribution in [3.63, 3.8) is 0 Å². The molecule has 5 nitrogen and oxygen atoms in total. The Labute approximate surface area is 117 Å². The van der Waals surface area contributed by atoms with E-state index in [0.29, 0.717) is 18.1 Å². The van der Waals surface area contributed by atoms with Gasteiger partial charge in [-0.05, 0) is 18.1 Å². The summed E-state index contributed by atoms with van der Waals surface area (Å²) in [7, 11) is 0. The molecule has 0 atom stereocenters. The quantitative estimate of drug-likeness (QED) is 0.904. The highest BCUT2D eigenvalue weighted by atomic mass is 16.2. The summed E-state index contributed by atoms with van der Waals surface area (Å²) in [6.07, 6.45) is 4.97. The average molecular weight is 273 g/mol. The van der Waals surface area contributed by atoms with E-state index in [0.717, 1.165) is 12.8 Å². The zero-order valence-electron chi connectivity index (χ0n) is 11.8. The number of aromatic nitrogens is 2. The molecule has 1 N–H and O–H groups in total. The second-order valence-corrected chi connectivity index (χ2v) is 4.80. The van der Waals surface area contributed by atoms with Crippen LogP contribution in [0.5, 0.6) is 0 Å². The minimum absolute atomic E-state index is 0.0830. The lowest BCUT2D eigenvalue weighted by atomic mass is 10.0. The van der Waals surface area contributed by atoms with Gasteiger partial charge in [0, 0.05) is 18.9 Å². The van der Waals surface area contributed by atoms with Crippen LogP contribution in [0.2, 0.25) is 0 Å². The molecule has 2 aromatic heterocycles. The van der Waals surface area contributed by atoms with Gasteiger partial charge in [0.2, 0.25) is 0 Å². The van der Waals surface area contributed by atoms with Gasteiger partial charge in [-0.15, -0.1) is 0 Å². The van der Waals surface area contributed by atoms with E-state index in [4.69, 9.17) is 0 Å². The molecule has 106 valence electrons. The van der Waals surface area contributed by atoms with Crippen molar-refractivity contribution in [2.75, 3.05) is 6.54 Å². The van der Waals surface area contributed by atoms with Crippen molar-refractivity contribution < 1.29 is 4.79 Å².